The first-order chi connectivity index (χ1) is 11.4. The van der Waals surface area contributed by atoms with E-state index in [2.05, 4.69) is 5.32 Å². The Kier molecular flexibility index (Phi) is 4.89. The van der Waals surface area contributed by atoms with Gasteiger partial charge in [-0.3, -0.25) is 4.79 Å². The highest BCUT2D eigenvalue weighted by atomic mass is 32.2. The summed E-state index contributed by atoms with van der Waals surface area (Å²) in [6.07, 6.45) is 3.29. The summed E-state index contributed by atoms with van der Waals surface area (Å²) < 4.78 is 36.5. The molecule has 0 spiro atoms. The summed E-state index contributed by atoms with van der Waals surface area (Å²) in [6, 6.07) is 6.76. The lowest BCUT2D eigenvalue weighted by atomic mass is 10.0. The molecule has 1 fully saturated rings. The molecular weight excluding hydrogens is 331 g/mol. The van der Waals surface area contributed by atoms with Crippen LogP contribution in [-0.2, 0) is 14.6 Å². The molecule has 2 heterocycles. The van der Waals surface area contributed by atoms with Gasteiger partial charge in [-0.05, 0) is 25.0 Å². The number of hydrogen-bond donors (Lipinski definition) is 1. The Bertz CT molecular complexity index is 740. The molecule has 0 aromatic heterocycles. The zero-order chi connectivity index (χ0) is 17.2. The second kappa shape index (κ2) is 6.93. The summed E-state index contributed by atoms with van der Waals surface area (Å²) in [4.78, 5) is 14.1. The molecule has 1 atom stereocenters. The van der Waals surface area contributed by atoms with Crippen LogP contribution in [0.25, 0.3) is 0 Å². The van der Waals surface area contributed by atoms with Crippen molar-refractivity contribution >= 4 is 21.4 Å². The highest BCUT2D eigenvalue weighted by Crippen LogP contribution is 2.23. The summed E-state index contributed by atoms with van der Waals surface area (Å²) in [5, 5.41) is 4.16. The minimum atomic E-state index is -3.12. The summed E-state index contributed by atoms with van der Waals surface area (Å²) in [7, 11) is -3.12. The first kappa shape index (κ1) is 17.0. The van der Waals surface area contributed by atoms with Crippen LogP contribution in [0.1, 0.15) is 19.3 Å². The minimum absolute atomic E-state index is 0.0200. The maximum atomic E-state index is 13.8. The van der Waals surface area contributed by atoms with Crippen molar-refractivity contribution < 1.29 is 17.6 Å². The van der Waals surface area contributed by atoms with E-state index in [0.29, 0.717) is 18.8 Å². The number of anilines is 1. The molecule has 24 heavy (non-hydrogen) atoms. The van der Waals surface area contributed by atoms with Gasteiger partial charge >= 0.3 is 0 Å². The maximum Gasteiger partial charge on any atom is 0.220 e. The number of rotatable bonds is 4. The normalized spacial score (nSPS) is 23.4. The number of carbonyl (C=O) groups is 1. The van der Waals surface area contributed by atoms with Crippen molar-refractivity contribution in [1.29, 1.82) is 0 Å². The van der Waals surface area contributed by atoms with Gasteiger partial charge in [0.2, 0.25) is 5.91 Å². The van der Waals surface area contributed by atoms with E-state index >= 15 is 0 Å². The topological polar surface area (TPSA) is 66.5 Å². The zero-order valence-electron chi connectivity index (χ0n) is 13.3. The summed E-state index contributed by atoms with van der Waals surface area (Å²) in [5.41, 5.74) is 0.601. The average Bonchev–Trinajstić information content (AvgIpc) is 2.87. The number of nitrogens with one attached hydrogen (secondary N) is 1. The van der Waals surface area contributed by atoms with Crippen molar-refractivity contribution in [3.05, 3.63) is 41.6 Å². The summed E-state index contributed by atoms with van der Waals surface area (Å²) in [5.74, 6) is -0.555. The highest BCUT2D eigenvalue weighted by molar-refractivity contribution is 7.94. The number of sulfone groups is 1. The van der Waals surface area contributed by atoms with E-state index in [0.717, 1.165) is 12.8 Å². The third-order valence-corrected chi connectivity index (χ3v) is 5.97. The SMILES string of the molecule is O=C(C[C@@H]1C=CS(=O)(=O)C1)NC1CCN(c2ccccc2F)CC1. The molecule has 3 rings (SSSR count). The van der Waals surface area contributed by atoms with E-state index < -0.39 is 9.84 Å². The van der Waals surface area contributed by atoms with E-state index in [-0.39, 0.29) is 35.9 Å². The molecule has 7 heteroatoms. The molecule has 1 aromatic rings. The number of halogens is 1. The molecule has 5 nitrogen and oxygen atoms in total. The van der Waals surface area contributed by atoms with Crippen LogP contribution in [0, 0.1) is 11.7 Å². The fourth-order valence-electron chi connectivity index (χ4n) is 3.26. The van der Waals surface area contributed by atoms with E-state index in [9.17, 15) is 17.6 Å². The number of nitrogens with zero attached hydrogens (tertiary/aromatic N) is 1. The van der Waals surface area contributed by atoms with Gasteiger partial charge in [0.25, 0.3) is 0 Å². The van der Waals surface area contributed by atoms with Crippen LogP contribution < -0.4 is 10.2 Å². The van der Waals surface area contributed by atoms with E-state index in [1.54, 1.807) is 18.2 Å². The predicted octanol–water partition coefficient (Wildman–Crippen LogP) is 1.86. The second-order valence-electron chi connectivity index (χ2n) is 6.40. The van der Waals surface area contributed by atoms with Crippen LogP contribution in [0.15, 0.2) is 35.7 Å². The van der Waals surface area contributed by atoms with Crippen LogP contribution in [-0.4, -0.2) is 39.2 Å². The number of allylic oxidation sites excluding steroid dienone is 1. The number of amides is 1. The Hall–Kier alpha value is -1.89. The molecule has 1 aromatic carbocycles. The molecule has 0 unspecified atom stereocenters. The lowest BCUT2D eigenvalue weighted by Gasteiger charge is -2.34. The monoisotopic (exact) mass is 352 g/mol. The smallest absolute Gasteiger partial charge is 0.220 e. The molecule has 130 valence electrons. The fraction of sp³-hybridized carbons (Fsp3) is 0.471. The lowest BCUT2D eigenvalue weighted by molar-refractivity contribution is -0.122. The number of carbonyl (C=O) groups excluding carboxylic acids is 1. The fourth-order valence-corrected chi connectivity index (χ4v) is 4.66. The van der Waals surface area contributed by atoms with E-state index in [1.807, 2.05) is 11.0 Å². The molecule has 1 amide bonds. The standard InChI is InChI=1S/C17H21FN2O3S/c18-15-3-1-2-4-16(15)20-8-5-14(6-9-20)19-17(21)11-13-7-10-24(22,23)12-13/h1-4,7,10,13-14H,5-6,8-9,11-12H2,(H,19,21)/t13-/m0/s1. The van der Waals surface area contributed by atoms with Gasteiger partial charge in [-0.1, -0.05) is 18.2 Å². The van der Waals surface area contributed by atoms with Gasteiger partial charge in [0.05, 0.1) is 11.4 Å². The largest absolute Gasteiger partial charge is 0.369 e. The summed E-state index contributed by atoms with van der Waals surface area (Å²) >= 11 is 0. The second-order valence-corrected chi connectivity index (χ2v) is 8.33. The Morgan fingerprint density at radius 3 is 2.58 bits per heavy atom. The quantitative estimate of drug-likeness (QED) is 0.898. The van der Waals surface area contributed by atoms with Gasteiger partial charge in [-0.25, -0.2) is 12.8 Å². The molecule has 0 radical (unpaired) electrons. The van der Waals surface area contributed by atoms with Crippen LogP contribution in [0.3, 0.4) is 0 Å². The van der Waals surface area contributed by atoms with Gasteiger partial charge in [0.1, 0.15) is 5.82 Å². The lowest BCUT2D eigenvalue weighted by Crippen LogP contribution is -2.45. The summed E-state index contributed by atoms with van der Waals surface area (Å²) in [6.45, 7) is 1.37. The third-order valence-electron chi connectivity index (χ3n) is 4.51. The van der Waals surface area contributed by atoms with Gasteiger partial charge in [-0.15, -0.1) is 0 Å². The minimum Gasteiger partial charge on any atom is -0.369 e. The van der Waals surface area contributed by atoms with Crippen molar-refractivity contribution in [2.45, 2.75) is 25.3 Å². The maximum absolute atomic E-state index is 13.8. The first-order valence-electron chi connectivity index (χ1n) is 8.13. The molecule has 2 aliphatic heterocycles. The molecule has 0 aliphatic carbocycles. The first-order valence-corrected chi connectivity index (χ1v) is 9.84. The van der Waals surface area contributed by atoms with E-state index in [1.165, 1.54) is 11.5 Å². The Balaban J connectivity index is 1.46. The molecule has 1 saturated heterocycles. The van der Waals surface area contributed by atoms with Crippen molar-refractivity contribution in [2.75, 3.05) is 23.7 Å². The third kappa shape index (κ3) is 4.14. The average molecular weight is 352 g/mol. The van der Waals surface area contributed by atoms with Crippen LogP contribution in [0.5, 0.6) is 0 Å². The highest BCUT2D eigenvalue weighted by Gasteiger charge is 2.26. The van der Waals surface area contributed by atoms with Gasteiger partial charge in [-0.2, -0.15) is 0 Å². The molecule has 1 N–H and O–H groups in total. The molecule has 0 saturated carbocycles. The number of para-hydroxylation sites is 1. The van der Waals surface area contributed by atoms with Crippen LogP contribution >= 0.6 is 0 Å². The Morgan fingerprint density at radius 2 is 1.96 bits per heavy atom. The molecule has 0 bridgehead atoms. The molecular formula is C17H21FN2O3S. The van der Waals surface area contributed by atoms with Crippen molar-refractivity contribution in [3.63, 3.8) is 0 Å². The van der Waals surface area contributed by atoms with Gasteiger partial charge in [0.15, 0.2) is 9.84 Å². The Morgan fingerprint density at radius 1 is 1.25 bits per heavy atom. The van der Waals surface area contributed by atoms with Crippen molar-refractivity contribution in [2.24, 2.45) is 5.92 Å². The van der Waals surface area contributed by atoms with Gasteiger partial charge in [0, 0.05) is 36.9 Å². The van der Waals surface area contributed by atoms with Crippen molar-refractivity contribution in [1.82, 2.24) is 5.32 Å². The Labute approximate surface area is 141 Å². The molecule has 2 aliphatic rings. The van der Waals surface area contributed by atoms with Crippen LogP contribution in [0.4, 0.5) is 10.1 Å². The zero-order valence-corrected chi connectivity index (χ0v) is 14.1. The van der Waals surface area contributed by atoms with Crippen LogP contribution in [0.2, 0.25) is 0 Å². The number of hydrogen-bond acceptors (Lipinski definition) is 4. The predicted molar refractivity (Wildman–Crippen MR) is 90.8 cm³/mol. The number of piperidine rings is 1. The van der Waals surface area contributed by atoms with Crippen molar-refractivity contribution in [3.8, 4) is 0 Å². The van der Waals surface area contributed by atoms with E-state index in [4.69, 9.17) is 0 Å². The number of benzene rings is 1. The van der Waals surface area contributed by atoms with Gasteiger partial charge < -0.3 is 10.2 Å².